The minimum atomic E-state index is -0.369. The molecule has 0 atom stereocenters. The molecule has 0 spiro atoms. The molecule has 2 aromatic carbocycles. The van der Waals surface area contributed by atoms with Crippen LogP contribution in [0.2, 0.25) is 0 Å². The van der Waals surface area contributed by atoms with Gasteiger partial charge in [-0.2, -0.15) is 5.26 Å². The van der Waals surface area contributed by atoms with Crippen molar-refractivity contribution in [2.75, 3.05) is 16.8 Å². The highest BCUT2D eigenvalue weighted by molar-refractivity contribution is 6.03. The number of benzene rings is 2. The number of rotatable bonds is 1. The fourth-order valence-electron chi connectivity index (χ4n) is 2.22. The number of nitrogens with zero attached hydrogens (tertiary/aromatic N) is 2. The van der Waals surface area contributed by atoms with Gasteiger partial charge in [0.2, 0.25) is 5.91 Å². The zero-order valence-electron chi connectivity index (χ0n) is 10.4. The van der Waals surface area contributed by atoms with E-state index in [4.69, 9.17) is 5.26 Å². The smallest absolute Gasteiger partial charge is 0.244 e. The van der Waals surface area contributed by atoms with Gasteiger partial charge in [0.05, 0.1) is 23.0 Å². The molecule has 0 aliphatic carbocycles. The zero-order chi connectivity index (χ0) is 14.1. The Morgan fingerprint density at radius 3 is 2.85 bits per heavy atom. The van der Waals surface area contributed by atoms with Crippen molar-refractivity contribution in [1.29, 1.82) is 5.26 Å². The summed E-state index contributed by atoms with van der Waals surface area (Å²) in [5.74, 6) is -0.544. The SMILES string of the molecule is N#Cc1ccc2c(c1)N(c1cccc(F)c1)CC(=O)N2. The van der Waals surface area contributed by atoms with Gasteiger partial charge in [-0.15, -0.1) is 0 Å². The molecular weight excluding hydrogens is 257 g/mol. The van der Waals surface area contributed by atoms with Crippen LogP contribution in [-0.2, 0) is 4.79 Å². The maximum atomic E-state index is 13.4. The Hall–Kier alpha value is -2.87. The first-order valence-electron chi connectivity index (χ1n) is 6.04. The van der Waals surface area contributed by atoms with E-state index < -0.39 is 0 Å². The molecular formula is C15H10FN3O. The third-order valence-electron chi connectivity index (χ3n) is 3.11. The summed E-state index contributed by atoms with van der Waals surface area (Å²) in [6.45, 7) is 0.0886. The molecule has 1 N–H and O–H groups in total. The predicted octanol–water partition coefficient (Wildman–Crippen LogP) is 2.79. The highest BCUT2D eigenvalue weighted by Crippen LogP contribution is 2.35. The second-order valence-electron chi connectivity index (χ2n) is 4.46. The first-order chi connectivity index (χ1) is 9.67. The molecule has 0 bridgehead atoms. The molecule has 3 rings (SSSR count). The van der Waals surface area contributed by atoms with Gasteiger partial charge >= 0.3 is 0 Å². The molecule has 5 heteroatoms. The van der Waals surface area contributed by atoms with Gasteiger partial charge in [-0.1, -0.05) is 6.07 Å². The van der Waals surface area contributed by atoms with Crippen LogP contribution in [0.1, 0.15) is 5.56 Å². The molecule has 0 fully saturated rings. The highest BCUT2D eigenvalue weighted by Gasteiger charge is 2.23. The summed E-state index contributed by atoms with van der Waals surface area (Å²) in [4.78, 5) is 13.4. The Morgan fingerprint density at radius 1 is 1.25 bits per heavy atom. The number of nitriles is 1. The topological polar surface area (TPSA) is 56.1 Å². The summed E-state index contributed by atoms with van der Waals surface area (Å²) in [7, 11) is 0. The van der Waals surface area contributed by atoms with Crippen molar-refractivity contribution in [2.45, 2.75) is 0 Å². The average Bonchev–Trinajstić information content (AvgIpc) is 2.46. The molecule has 4 nitrogen and oxygen atoms in total. The van der Waals surface area contributed by atoms with Crippen LogP contribution in [0.5, 0.6) is 0 Å². The van der Waals surface area contributed by atoms with E-state index in [0.29, 0.717) is 22.6 Å². The Labute approximate surface area is 115 Å². The van der Waals surface area contributed by atoms with Crippen molar-refractivity contribution >= 4 is 23.0 Å². The molecule has 1 heterocycles. The van der Waals surface area contributed by atoms with Gasteiger partial charge in [-0.05, 0) is 36.4 Å². The van der Waals surface area contributed by atoms with Gasteiger partial charge in [0, 0.05) is 5.69 Å². The lowest BCUT2D eigenvalue weighted by Crippen LogP contribution is -2.35. The van der Waals surface area contributed by atoms with Crippen LogP contribution in [-0.4, -0.2) is 12.5 Å². The second-order valence-corrected chi connectivity index (χ2v) is 4.46. The number of hydrogen-bond donors (Lipinski definition) is 1. The van der Waals surface area contributed by atoms with E-state index in [2.05, 4.69) is 11.4 Å². The van der Waals surface area contributed by atoms with E-state index in [1.54, 1.807) is 35.2 Å². The fourth-order valence-corrected chi connectivity index (χ4v) is 2.22. The third kappa shape index (κ3) is 2.08. The Balaban J connectivity index is 2.14. The molecule has 1 amide bonds. The first-order valence-corrected chi connectivity index (χ1v) is 6.04. The molecule has 1 aliphatic heterocycles. The van der Waals surface area contributed by atoms with Crippen molar-refractivity contribution in [3.63, 3.8) is 0 Å². The van der Waals surface area contributed by atoms with Crippen LogP contribution in [0.25, 0.3) is 0 Å². The normalized spacial score (nSPS) is 13.4. The van der Waals surface area contributed by atoms with Crippen LogP contribution in [0.3, 0.4) is 0 Å². The number of carbonyl (C=O) groups excluding carboxylic acids is 1. The predicted molar refractivity (Wildman–Crippen MR) is 73.2 cm³/mol. The summed E-state index contributed by atoms with van der Waals surface area (Å²) in [6, 6.07) is 13.1. The van der Waals surface area contributed by atoms with Gasteiger partial charge in [-0.25, -0.2) is 4.39 Å². The van der Waals surface area contributed by atoms with Crippen LogP contribution in [0.4, 0.5) is 21.5 Å². The molecule has 2 aromatic rings. The lowest BCUT2D eigenvalue weighted by atomic mass is 10.1. The summed E-state index contributed by atoms with van der Waals surface area (Å²) in [5.41, 5.74) is 2.37. The van der Waals surface area contributed by atoms with Crippen molar-refractivity contribution in [2.24, 2.45) is 0 Å². The lowest BCUT2D eigenvalue weighted by molar-refractivity contribution is -0.115. The van der Waals surface area contributed by atoms with Crippen molar-refractivity contribution < 1.29 is 9.18 Å². The number of carbonyl (C=O) groups is 1. The van der Waals surface area contributed by atoms with Crippen LogP contribution >= 0.6 is 0 Å². The Bertz CT molecular complexity index is 736. The molecule has 0 radical (unpaired) electrons. The maximum absolute atomic E-state index is 13.4. The number of fused-ring (bicyclic) bond motifs is 1. The minimum absolute atomic E-state index is 0.0886. The summed E-state index contributed by atoms with van der Waals surface area (Å²) < 4.78 is 13.4. The van der Waals surface area contributed by atoms with Crippen LogP contribution in [0.15, 0.2) is 42.5 Å². The largest absolute Gasteiger partial charge is 0.330 e. The summed E-state index contributed by atoms with van der Waals surface area (Å²) in [6.07, 6.45) is 0. The van der Waals surface area contributed by atoms with Crippen molar-refractivity contribution in [3.05, 3.63) is 53.8 Å². The van der Waals surface area contributed by atoms with Crippen LogP contribution in [0, 0.1) is 17.1 Å². The zero-order valence-corrected chi connectivity index (χ0v) is 10.4. The number of halogens is 1. The fraction of sp³-hybridized carbons (Fsp3) is 0.0667. The van der Waals surface area contributed by atoms with E-state index in [1.165, 1.54) is 12.1 Å². The van der Waals surface area contributed by atoms with Gasteiger partial charge < -0.3 is 10.2 Å². The minimum Gasteiger partial charge on any atom is -0.330 e. The molecule has 0 aromatic heterocycles. The number of hydrogen-bond acceptors (Lipinski definition) is 3. The van der Waals surface area contributed by atoms with Gasteiger partial charge in [0.25, 0.3) is 0 Å². The first kappa shape index (κ1) is 12.2. The van der Waals surface area contributed by atoms with Gasteiger partial charge in [0.1, 0.15) is 12.4 Å². The van der Waals surface area contributed by atoms with E-state index >= 15 is 0 Å². The molecule has 0 unspecified atom stereocenters. The quantitative estimate of drug-likeness (QED) is 0.864. The van der Waals surface area contributed by atoms with Gasteiger partial charge in [-0.3, -0.25) is 4.79 Å². The summed E-state index contributed by atoms with van der Waals surface area (Å²) in [5, 5.41) is 11.7. The monoisotopic (exact) mass is 267 g/mol. The molecule has 20 heavy (non-hydrogen) atoms. The van der Waals surface area contributed by atoms with Gasteiger partial charge in [0.15, 0.2) is 0 Å². The van der Waals surface area contributed by atoms with Crippen LogP contribution < -0.4 is 10.2 Å². The summed E-state index contributed by atoms with van der Waals surface area (Å²) >= 11 is 0. The molecule has 0 saturated heterocycles. The standard InChI is InChI=1S/C15H10FN3O/c16-11-2-1-3-12(7-11)19-9-15(20)18-13-5-4-10(8-17)6-14(13)19/h1-7H,9H2,(H,18,20). The number of anilines is 3. The second kappa shape index (κ2) is 4.67. The lowest BCUT2D eigenvalue weighted by Gasteiger charge is -2.31. The third-order valence-corrected chi connectivity index (χ3v) is 3.11. The number of amides is 1. The molecule has 98 valence electrons. The maximum Gasteiger partial charge on any atom is 0.244 e. The highest BCUT2D eigenvalue weighted by atomic mass is 19.1. The molecule has 1 aliphatic rings. The Morgan fingerprint density at radius 2 is 2.10 bits per heavy atom. The van der Waals surface area contributed by atoms with E-state index in [-0.39, 0.29) is 18.3 Å². The Kier molecular flexibility index (Phi) is 2.84. The molecule has 0 saturated carbocycles. The number of nitrogens with one attached hydrogen (secondary N) is 1. The van der Waals surface area contributed by atoms with E-state index in [1.807, 2.05) is 0 Å². The van der Waals surface area contributed by atoms with E-state index in [9.17, 15) is 9.18 Å². The van der Waals surface area contributed by atoms with Crippen molar-refractivity contribution in [1.82, 2.24) is 0 Å². The average molecular weight is 267 g/mol. The van der Waals surface area contributed by atoms with Crippen molar-refractivity contribution in [3.8, 4) is 6.07 Å². The van der Waals surface area contributed by atoms with E-state index in [0.717, 1.165) is 0 Å².